The van der Waals surface area contributed by atoms with Gasteiger partial charge < -0.3 is 10.5 Å². The third-order valence-corrected chi connectivity index (χ3v) is 7.69. The van der Waals surface area contributed by atoms with Crippen molar-refractivity contribution in [2.24, 2.45) is 5.73 Å². The molecule has 44 heavy (non-hydrogen) atoms. The van der Waals surface area contributed by atoms with Crippen LogP contribution in [-0.4, -0.2) is 48.3 Å². The van der Waals surface area contributed by atoms with Crippen LogP contribution in [-0.2, 0) is 4.79 Å². The third kappa shape index (κ3) is 6.33. The Bertz CT molecular complexity index is 1890. The van der Waals surface area contributed by atoms with Crippen LogP contribution in [0.2, 0.25) is 0 Å². The molecular formula is C31H24F3N7O2S. The molecule has 0 aliphatic heterocycles. The number of carbonyl (C=O) groups is 1. The first kappa shape index (κ1) is 29.1. The van der Waals surface area contributed by atoms with Crippen molar-refractivity contribution in [1.82, 2.24) is 30.1 Å². The topological polar surface area (TPSA) is 133 Å². The molecule has 1 aliphatic carbocycles. The van der Waals surface area contributed by atoms with Crippen molar-refractivity contribution in [1.29, 1.82) is 0 Å². The first-order valence-electron chi connectivity index (χ1n) is 13.6. The van der Waals surface area contributed by atoms with Gasteiger partial charge in [-0.15, -0.1) is 11.3 Å². The lowest BCUT2D eigenvalue weighted by Crippen LogP contribution is -2.27. The van der Waals surface area contributed by atoms with Gasteiger partial charge in [-0.3, -0.25) is 15.1 Å². The molecule has 4 heterocycles. The van der Waals surface area contributed by atoms with E-state index in [1.165, 1.54) is 42.7 Å². The zero-order chi connectivity index (χ0) is 30.7. The van der Waals surface area contributed by atoms with Crippen molar-refractivity contribution < 1.29 is 22.7 Å². The van der Waals surface area contributed by atoms with E-state index in [0.29, 0.717) is 45.5 Å². The molecule has 0 amide bonds. The van der Waals surface area contributed by atoms with Crippen LogP contribution in [0.3, 0.4) is 0 Å². The van der Waals surface area contributed by atoms with Crippen LogP contribution in [0, 0.1) is 0 Å². The minimum atomic E-state index is -5.09. The molecule has 2 aromatic carbocycles. The summed E-state index contributed by atoms with van der Waals surface area (Å²) in [6, 6.07) is 19.5. The summed E-state index contributed by atoms with van der Waals surface area (Å²) in [6.07, 6.45) is 2.11. The second-order valence-corrected chi connectivity index (χ2v) is 10.8. The number of H-pyrrole nitrogens is 1. The molecule has 1 aliphatic rings. The number of fused-ring (bicyclic) bond motifs is 1. The first-order chi connectivity index (χ1) is 21.3. The number of esters is 1. The Hall–Kier alpha value is -5.01. The fourth-order valence-electron chi connectivity index (χ4n) is 4.43. The van der Waals surface area contributed by atoms with Crippen molar-refractivity contribution in [3.8, 4) is 50.4 Å². The molecule has 3 N–H and O–H groups in total. The molecule has 0 saturated heterocycles. The number of nitrogens with zero attached hydrogens (tertiary/aromatic N) is 5. The van der Waals surface area contributed by atoms with Crippen molar-refractivity contribution in [3.63, 3.8) is 0 Å². The van der Waals surface area contributed by atoms with E-state index in [9.17, 15) is 18.0 Å². The molecule has 222 valence electrons. The number of rotatable bonds is 5. The number of aromatic amines is 1. The summed E-state index contributed by atoms with van der Waals surface area (Å²) in [6.45, 7) is 0. The van der Waals surface area contributed by atoms with Crippen LogP contribution >= 0.6 is 11.3 Å². The first-order valence-corrected chi connectivity index (χ1v) is 14.5. The van der Waals surface area contributed by atoms with Crippen molar-refractivity contribution in [2.75, 3.05) is 0 Å². The van der Waals surface area contributed by atoms with Crippen LogP contribution in [0.4, 0.5) is 13.2 Å². The summed E-state index contributed by atoms with van der Waals surface area (Å²) in [4.78, 5) is 30.1. The van der Waals surface area contributed by atoms with Gasteiger partial charge in [-0.05, 0) is 54.8 Å². The average Bonchev–Trinajstić information content (AvgIpc) is 3.73. The van der Waals surface area contributed by atoms with E-state index in [-0.39, 0.29) is 5.75 Å². The van der Waals surface area contributed by atoms with E-state index in [1.807, 2.05) is 36.4 Å². The molecule has 1 saturated carbocycles. The number of hydrogen-bond acceptors (Lipinski definition) is 9. The molecule has 0 unspecified atom stereocenters. The molecule has 1 fully saturated rings. The molecule has 0 radical (unpaired) electrons. The van der Waals surface area contributed by atoms with Crippen LogP contribution in [0.5, 0.6) is 5.75 Å². The Morgan fingerprint density at radius 3 is 2.36 bits per heavy atom. The van der Waals surface area contributed by atoms with Crippen LogP contribution in [0.1, 0.15) is 19.3 Å². The Labute approximate surface area is 253 Å². The monoisotopic (exact) mass is 615 g/mol. The van der Waals surface area contributed by atoms with Gasteiger partial charge in [0.1, 0.15) is 11.4 Å². The van der Waals surface area contributed by atoms with E-state index in [2.05, 4.69) is 29.9 Å². The van der Waals surface area contributed by atoms with Gasteiger partial charge in [-0.2, -0.15) is 18.3 Å². The number of benzene rings is 2. The van der Waals surface area contributed by atoms with Crippen LogP contribution in [0.25, 0.3) is 55.5 Å². The van der Waals surface area contributed by atoms with Gasteiger partial charge >= 0.3 is 12.1 Å². The predicted octanol–water partition coefficient (Wildman–Crippen LogP) is 6.84. The molecule has 0 atom stereocenters. The van der Waals surface area contributed by atoms with E-state index in [1.54, 1.807) is 36.1 Å². The average molecular weight is 616 g/mol. The van der Waals surface area contributed by atoms with E-state index < -0.39 is 12.1 Å². The summed E-state index contributed by atoms with van der Waals surface area (Å²) in [5.74, 6) is -1.54. The second kappa shape index (κ2) is 12.3. The Morgan fingerprint density at radius 1 is 0.977 bits per heavy atom. The fraction of sp³-hybridized carbons (Fsp3) is 0.161. The highest BCUT2D eigenvalue weighted by atomic mass is 32.1. The molecule has 0 bridgehead atoms. The SMILES string of the molecule is NC1CCC1.O=C(Oc1ccc(-c2nc3ccnc(-c4n[nH]c(-c5cncs5)n4)c3cc2-c2ccccc2)cc1)C(F)(F)F. The molecule has 9 nitrogen and oxygen atoms in total. The zero-order valence-corrected chi connectivity index (χ0v) is 23.8. The van der Waals surface area contributed by atoms with Crippen molar-refractivity contribution in [2.45, 2.75) is 31.5 Å². The summed E-state index contributed by atoms with van der Waals surface area (Å²) in [7, 11) is 0. The highest BCUT2D eigenvalue weighted by Crippen LogP contribution is 2.36. The van der Waals surface area contributed by atoms with Gasteiger partial charge in [0.2, 0.25) is 5.82 Å². The van der Waals surface area contributed by atoms with Gasteiger partial charge in [0, 0.05) is 34.9 Å². The van der Waals surface area contributed by atoms with Crippen LogP contribution < -0.4 is 10.5 Å². The molecule has 6 aromatic rings. The van der Waals surface area contributed by atoms with Gasteiger partial charge in [0.25, 0.3) is 0 Å². The molecule has 7 rings (SSSR count). The Balaban J connectivity index is 0.000000625. The van der Waals surface area contributed by atoms with Crippen molar-refractivity contribution in [3.05, 3.63) is 84.6 Å². The number of thiazole rings is 1. The van der Waals surface area contributed by atoms with E-state index in [0.717, 1.165) is 16.0 Å². The largest absolute Gasteiger partial charge is 0.491 e. The fourth-order valence-corrected chi connectivity index (χ4v) is 4.99. The van der Waals surface area contributed by atoms with E-state index >= 15 is 0 Å². The summed E-state index contributed by atoms with van der Waals surface area (Å²) in [5, 5.41) is 8.00. The van der Waals surface area contributed by atoms with Gasteiger partial charge in [-0.1, -0.05) is 36.8 Å². The normalized spacial score (nSPS) is 13.2. The number of ether oxygens (including phenoxy) is 1. The lowest BCUT2D eigenvalue weighted by atomic mass is 9.95. The standard InChI is InChI=1S/C27H15F3N6O2S.C4H9N/c28-27(29,30)26(37)38-17-8-6-16(7-9-17)22-18(15-4-2-1-3-5-15)12-19-20(33-22)10-11-32-23(19)25-34-24(35-36-25)21-13-31-14-39-21;5-4-2-1-3-4/h1-14H,(H,34,35,36);4H,1-3,5H2. The molecular weight excluding hydrogens is 591 g/mol. The lowest BCUT2D eigenvalue weighted by Gasteiger charge is -2.18. The molecule has 0 spiro atoms. The Kier molecular flexibility index (Phi) is 8.13. The number of aromatic nitrogens is 6. The lowest BCUT2D eigenvalue weighted by molar-refractivity contribution is -0.189. The number of alkyl halides is 3. The maximum absolute atomic E-state index is 12.6. The number of hydrogen-bond donors (Lipinski definition) is 2. The van der Waals surface area contributed by atoms with E-state index in [4.69, 9.17) is 10.7 Å². The summed E-state index contributed by atoms with van der Waals surface area (Å²) < 4.78 is 42.2. The van der Waals surface area contributed by atoms with Gasteiger partial charge in [0.15, 0.2) is 5.82 Å². The number of carbonyl (C=O) groups excluding carboxylic acids is 1. The zero-order valence-electron chi connectivity index (χ0n) is 23.0. The predicted molar refractivity (Wildman–Crippen MR) is 160 cm³/mol. The minimum Gasteiger partial charge on any atom is -0.420 e. The molecule has 13 heteroatoms. The van der Waals surface area contributed by atoms with Crippen LogP contribution in [0.15, 0.2) is 84.6 Å². The second-order valence-electron chi connectivity index (χ2n) is 9.95. The quantitative estimate of drug-likeness (QED) is 0.159. The number of halogens is 3. The number of nitrogens with two attached hydrogens (primary N) is 1. The highest BCUT2D eigenvalue weighted by Gasteiger charge is 2.41. The smallest absolute Gasteiger partial charge is 0.420 e. The number of pyridine rings is 2. The molecule has 4 aromatic heterocycles. The summed E-state index contributed by atoms with van der Waals surface area (Å²) >= 11 is 1.43. The third-order valence-electron chi connectivity index (χ3n) is 6.91. The van der Waals surface area contributed by atoms with Gasteiger partial charge in [-0.25, -0.2) is 14.8 Å². The summed E-state index contributed by atoms with van der Waals surface area (Å²) in [5.41, 5.74) is 11.1. The Morgan fingerprint density at radius 2 is 1.73 bits per heavy atom. The highest BCUT2D eigenvalue weighted by molar-refractivity contribution is 7.13. The van der Waals surface area contributed by atoms with Gasteiger partial charge in [0.05, 0.1) is 21.6 Å². The number of nitrogens with one attached hydrogen (secondary N) is 1. The van der Waals surface area contributed by atoms with Crippen molar-refractivity contribution >= 4 is 28.2 Å². The maximum atomic E-state index is 12.6. The minimum absolute atomic E-state index is 0.226. The maximum Gasteiger partial charge on any atom is 0.491 e.